The van der Waals surface area contributed by atoms with Crippen LogP contribution in [0.3, 0.4) is 0 Å². The molecule has 150 valence electrons. The Kier molecular flexibility index (Phi) is 5.33. The molecule has 2 aliphatic rings. The second kappa shape index (κ2) is 7.89. The van der Waals surface area contributed by atoms with Crippen LogP contribution < -0.4 is 18.9 Å². The van der Waals surface area contributed by atoms with Crippen LogP contribution in [0.5, 0.6) is 23.0 Å². The number of benzene rings is 2. The highest BCUT2D eigenvalue weighted by molar-refractivity contribution is 5.45. The van der Waals surface area contributed by atoms with Gasteiger partial charge in [0.05, 0.1) is 53.9 Å². The minimum atomic E-state index is -0.0186. The van der Waals surface area contributed by atoms with Crippen LogP contribution in [0.25, 0.3) is 0 Å². The second-order valence-electron chi connectivity index (χ2n) is 7.06. The quantitative estimate of drug-likeness (QED) is 0.753. The number of methoxy groups -OCH3 is 4. The van der Waals surface area contributed by atoms with Crippen LogP contribution in [0.4, 0.5) is 0 Å². The largest absolute Gasteiger partial charge is 0.493 e. The van der Waals surface area contributed by atoms with Gasteiger partial charge in [0.25, 0.3) is 0 Å². The number of fused-ring (bicyclic) bond motifs is 1. The van der Waals surface area contributed by atoms with Gasteiger partial charge in [-0.2, -0.15) is 0 Å². The summed E-state index contributed by atoms with van der Waals surface area (Å²) in [7, 11) is 6.56. The van der Waals surface area contributed by atoms with Crippen molar-refractivity contribution in [3.05, 3.63) is 47.5 Å². The first kappa shape index (κ1) is 18.9. The molecule has 6 heteroatoms. The fraction of sp³-hybridized carbons (Fsp3) is 0.455. The van der Waals surface area contributed by atoms with Crippen molar-refractivity contribution in [2.75, 3.05) is 41.7 Å². The van der Waals surface area contributed by atoms with Crippen molar-refractivity contribution in [1.29, 1.82) is 0 Å². The molecule has 2 fully saturated rings. The molecule has 0 N–H and O–H groups in total. The minimum absolute atomic E-state index is 0.0186. The van der Waals surface area contributed by atoms with Gasteiger partial charge in [0, 0.05) is 11.8 Å². The smallest absolute Gasteiger partial charge is 0.161 e. The Morgan fingerprint density at radius 3 is 1.36 bits per heavy atom. The van der Waals surface area contributed by atoms with Gasteiger partial charge in [0.2, 0.25) is 0 Å². The molecule has 4 rings (SSSR count). The zero-order valence-corrected chi connectivity index (χ0v) is 16.6. The molecular weight excluding hydrogens is 360 g/mol. The molecule has 28 heavy (non-hydrogen) atoms. The van der Waals surface area contributed by atoms with Gasteiger partial charge >= 0.3 is 0 Å². The average molecular weight is 386 g/mol. The topological polar surface area (TPSA) is 55.4 Å². The van der Waals surface area contributed by atoms with Crippen molar-refractivity contribution in [1.82, 2.24) is 0 Å². The van der Waals surface area contributed by atoms with Crippen molar-refractivity contribution >= 4 is 0 Å². The maximum atomic E-state index is 6.20. The lowest BCUT2D eigenvalue weighted by Crippen LogP contribution is -2.14. The van der Waals surface area contributed by atoms with E-state index in [2.05, 4.69) is 0 Å². The number of rotatable bonds is 6. The molecule has 2 aromatic rings. The van der Waals surface area contributed by atoms with Gasteiger partial charge in [-0.15, -0.1) is 0 Å². The van der Waals surface area contributed by atoms with Gasteiger partial charge in [-0.1, -0.05) is 12.1 Å². The lowest BCUT2D eigenvalue weighted by atomic mass is 9.85. The molecule has 0 saturated carbocycles. The number of hydrogen-bond acceptors (Lipinski definition) is 6. The summed E-state index contributed by atoms with van der Waals surface area (Å²) >= 11 is 0. The molecule has 0 unspecified atom stereocenters. The maximum absolute atomic E-state index is 6.20. The third kappa shape index (κ3) is 3.16. The summed E-state index contributed by atoms with van der Waals surface area (Å²) in [6.07, 6.45) is -0.0371. The standard InChI is InChI=1S/C22H26O6/c1-23-17-7-5-13(9-19(17)25-3)21-15-11-28-22(16(15)12-27-21)14-6-8-18(24-2)20(10-14)26-4/h5-10,15-16,21-22H,11-12H2,1-4H3/t15-,16+,21+,22-. The zero-order chi connectivity index (χ0) is 19.7. The molecule has 0 radical (unpaired) electrons. The SMILES string of the molecule is COc1ccc([C@H]2OC[C@@H]3[C@@H]2CO[C@H]3c2ccc(OC)c(OC)c2)cc1OC. The first-order valence-corrected chi connectivity index (χ1v) is 9.37. The summed E-state index contributed by atoms with van der Waals surface area (Å²) in [5.41, 5.74) is 2.17. The van der Waals surface area contributed by atoms with E-state index in [-0.39, 0.29) is 24.0 Å². The van der Waals surface area contributed by atoms with E-state index in [0.717, 1.165) is 11.1 Å². The van der Waals surface area contributed by atoms with Crippen LogP contribution in [-0.4, -0.2) is 41.7 Å². The first-order chi connectivity index (χ1) is 13.7. The fourth-order valence-electron chi connectivity index (χ4n) is 4.29. The van der Waals surface area contributed by atoms with Crippen molar-refractivity contribution in [2.24, 2.45) is 11.8 Å². The highest BCUT2D eigenvalue weighted by atomic mass is 16.5. The van der Waals surface area contributed by atoms with Crippen LogP contribution >= 0.6 is 0 Å². The zero-order valence-electron chi connectivity index (χ0n) is 16.6. The highest BCUT2D eigenvalue weighted by Crippen LogP contribution is 2.51. The first-order valence-electron chi connectivity index (χ1n) is 9.37. The lowest BCUT2D eigenvalue weighted by molar-refractivity contribution is 0.0191. The van der Waals surface area contributed by atoms with E-state index >= 15 is 0 Å². The molecular formula is C22H26O6. The molecule has 0 aromatic heterocycles. The van der Waals surface area contributed by atoms with E-state index in [4.69, 9.17) is 28.4 Å². The Hall–Kier alpha value is -2.44. The van der Waals surface area contributed by atoms with Crippen molar-refractivity contribution in [2.45, 2.75) is 12.2 Å². The van der Waals surface area contributed by atoms with Crippen molar-refractivity contribution in [3.8, 4) is 23.0 Å². The highest BCUT2D eigenvalue weighted by Gasteiger charge is 2.48. The molecule has 0 aliphatic carbocycles. The molecule has 2 aliphatic heterocycles. The number of hydrogen-bond donors (Lipinski definition) is 0. The Morgan fingerprint density at radius 1 is 0.607 bits per heavy atom. The van der Waals surface area contributed by atoms with Gasteiger partial charge in [-0.25, -0.2) is 0 Å². The minimum Gasteiger partial charge on any atom is -0.493 e. The Morgan fingerprint density at radius 2 is 1.00 bits per heavy atom. The Labute approximate surface area is 165 Å². The summed E-state index contributed by atoms with van der Waals surface area (Å²) in [6, 6.07) is 11.9. The lowest BCUT2D eigenvalue weighted by Gasteiger charge is -2.18. The molecule has 2 saturated heterocycles. The van der Waals surface area contributed by atoms with E-state index in [1.807, 2.05) is 36.4 Å². The van der Waals surface area contributed by atoms with Gasteiger partial charge in [-0.05, 0) is 35.4 Å². The van der Waals surface area contributed by atoms with Crippen LogP contribution in [0.15, 0.2) is 36.4 Å². The van der Waals surface area contributed by atoms with Crippen molar-refractivity contribution in [3.63, 3.8) is 0 Å². The molecule has 4 atom stereocenters. The molecule has 0 bridgehead atoms. The maximum Gasteiger partial charge on any atom is 0.161 e. The molecule has 2 aromatic carbocycles. The van der Waals surface area contributed by atoms with Crippen LogP contribution in [0, 0.1) is 11.8 Å². The van der Waals surface area contributed by atoms with E-state index in [1.165, 1.54) is 0 Å². The normalized spacial score (nSPS) is 26.0. The third-order valence-corrected chi connectivity index (χ3v) is 5.74. The predicted molar refractivity (Wildman–Crippen MR) is 103 cm³/mol. The van der Waals surface area contributed by atoms with Crippen LogP contribution in [0.2, 0.25) is 0 Å². The Balaban J connectivity index is 1.57. The third-order valence-electron chi connectivity index (χ3n) is 5.74. The van der Waals surface area contributed by atoms with E-state index in [9.17, 15) is 0 Å². The molecule has 0 spiro atoms. The van der Waals surface area contributed by atoms with E-state index in [0.29, 0.717) is 36.2 Å². The van der Waals surface area contributed by atoms with Crippen molar-refractivity contribution < 1.29 is 28.4 Å². The summed E-state index contributed by atoms with van der Waals surface area (Å²) in [5.74, 6) is 3.43. The molecule has 6 nitrogen and oxygen atoms in total. The molecule has 2 heterocycles. The summed E-state index contributed by atoms with van der Waals surface area (Å²) in [6.45, 7) is 1.31. The number of ether oxygens (including phenoxy) is 6. The van der Waals surface area contributed by atoms with Gasteiger partial charge in [0.15, 0.2) is 23.0 Å². The van der Waals surface area contributed by atoms with Crippen LogP contribution in [0.1, 0.15) is 23.3 Å². The van der Waals surface area contributed by atoms with Gasteiger partial charge in [0.1, 0.15) is 0 Å². The fourth-order valence-corrected chi connectivity index (χ4v) is 4.29. The average Bonchev–Trinajstić information content (AvgIpc) is 3.35. The van der Waals surface area contributed by atoms with Crippen LogP contribution in [-0.2, 0) is 9.47 Å². The second-order valence-corrected chi connectivity index (χ2v) is 7.06. The monoisotopic (exact) mass is 386 g/mol. The van der Waals surface area contributed by atoms with Gasteiger partial charge < -0.3 is 28.4 Å². The van der Waals surface area contributed by atoms with E-state index < -0.39 is 0 Å². The summed E-state index contributed by atoms with van der Waals surface area (Å²) in [4.78, 5) is 0. The van der Waals surface area contributed by atoms with Gasteiger partial charge in [-0.3, -0.25) is 0 Å². The molecule has 0 amide bonds. The Bertz CT molecular complexity index is 766. The summed E-state index contributed by atoms with van der Waals surface area (Å²) < 4.78 is 34.0. The predicted octanol–water partition coefficient (Wildman–Crippen LogP) is 3.80. The summed E-state index contributed by atoms with van der Waals surface area (Å²) in [5, 5.41) is 0. The van der Waals surface area contributed by atoms with E-state index in [1.54, 1.807) is 28.4 Å².